The van der Waals surface area contributed by atoms with Crippen molar-refractivity contribution in [1.29, 1.82) is 0 Å². The van der Waals surface area contributed by atoms with Gasteiger partial charge in [0, 0.05) is 23.0 Å². The van der Waals surface area contributed by atoms with E-state index in [-0.39, 0.29) is 17.6 Å². The summed E-state index contributed by atoms with van der Waals surface area (Å²) in [5.41, 5.74) is 0.897. The zero-order valence-corrected chi connectivity index (χ0v) is 18.1. The Kier molecular flexibility index (Phi) is 8.87. The second-order valence-corrected chi connectivity index (χ2v) is 8.55. The summed E-state index contributed by atoms with van der Waals surface area (Å²) in [4.78, 5) is 28.2. The van der Waals surface area contributed by atoms with E-state index >= 15 is 0 Å². The van der Waals surface area contributed by atoms with E-state index in [0.717, 1.165) is 10.5 Å². The molecule has 6 heteroatoms. The molecule has 1 atom stereocenters. The summed E-state index contributed by atoms with van der Waals surface area (Å²) in [6, 6.07) is 16.6. The maximum absolute atomic E-state index is 13.0. The molecule has 2 aromatic carbocycles. The van der Waals surface area contributed by atoms with E-state index < -0.39 is 6.04 Å². The predicted octanol–water partition coefficient (Wildman–Crippen LogP) is 4.62. The molecule has 2 aromatic rings. The molecule has 28 heavy (non-hydrogen) atoms. The van der Waals surface area contributed by atoms with Crippen molar-refractivity contribution in [1.82, 2.24) is 10.2 Å². The lowest BCUT2D eigenvalue weighted by atomic mass is 10.1. The topological polar surface area (TPSA) is 49.4 Å². The lowest BCUT2D eigenvalue weighted by molar-refractivity contribution is -0.138. The average Bonchev–Trinajstić information content (AvgIpc) is 2.68. The smallest absolute Gasteiger partial charge is 0.242 e. The van der Waals surface area contributed by atoms with E-state index in [2.05, 4.69) is 5.32 Å². The highest BCUT2D eigenvalue weighted by molar-refractivity contribution is 8.00. The summed E-state index contributed by atoms with van der Waals surface area (Å²) in [5.74, 6) is 0.392. The predicted molar refractivity (Wildman–Crippen MR) is 116 cm³/mol. The minimum Gasteiger partial charge on any atom is -0.354 e. The Labute approximate surface area is 176 Å². The number of nitrogens with zero attached hydrogens (tertiary/aromatic N) is 1. The third-order valence-electron chi connectivity index (χ3n) is 4.20. The Bertz CT molecular complexity index is 783. The number of amides is 2. The van der Waals surface area contributed by atoms with Crippen LogP contribution in [0.25, 0.3) is 0 Å². The number of carbonyl (C=O) groups is 2. The van der Waals surface area contributed by atoms with Crippen molar-refractivity contribution in [3.63, 3.8) is 0 Å². The average molecular weight is 419 g/mol. The minimum atomic E-state index is -0.568. The van der Waals surface area contributed by atoms with Crippen molar-refractivity contribution in [3.8, 4) is 0 Å². The van der Waals surface area contributed by atoms with Gasteiger partial charge in [-0.15, -0.1) is 11.8 Å². The summed E-state index contributed by atoms with van der Waals surface area (Å²) in [5, 5.41) is 3.53. The van der Waals surface area contributed by atoms with E-state index in [9.17, 15) is 9.59 Å². The molecule has 1 unspecified atom stereocenters. The molecule has 0 bridgehead atoms. The molecule has 0 aliphatic carbocycles. The number of nitrogens with one attached hydrogen (secondary N) is 1. The Balaban J connectivity index is 2.11. The van der Waals surface area contributed by atoms with Crippen LogP contribution in [0, 0.1) is 5.92 Å². The molecule has 0 heterocycles. The fraction of sp³-hybridized carbons (Fsp3) is 0.364. The number of benzene rings is 2. The second kappa shape index (κ2) is 11.1. The molecular weight excluding hydrogens is 392 g/mol. The van der Waals surface area contributed by atoms with Crippen LogP contribution in [0.3, 0.4) is 0 Å². The van der Waals surface area contributed by atoms with Crippen LogP contribution in [-0.2, 0) is 16.1 Å². The van der Waals surface area contributed by atoms with Gasteiger partial charge in [-0.3, -0.25) is 9.59 Å². The van der Waals surface area contributed by atoms with Crippen LogP contribution in [0.4, 0.5) is 0 Å². The van der Waals surface area contributed by atoms with Gasteiger partial charge in [0.25, 0.3) is 0 Å². The van der Waals surface area contributed by atoms with Crippen molar-refractivity contribution in [2.24, 2.45) is 5.92 Å². The van der Waals surface area contributed by atoms with Crippen molar-refractivity contribution in [2.75, 3.05) is 12.3 Å². The number of carbonyl (C=O) groups excluding carboxylic acids is 2. The molecule has 0 saturated carbocycles. The van der Waals surface area contributed by atoms with Gasteiger partial charge in [0.05, 0.1) is 5.75 Å². The van der Waals surface area contributed by atoms with Crippen LogP contribution < -0.4 is 5.32 Å². The summed E-state index contributed by atoms with van der Waals surface area (Å²) in [7, 11) is 0. The van der Waals surface area contributed by atoms with E-state index in [1.807, 2.05) is 62.4 Å². The highest BCUT2D eigenvalue weighted by atomic mass is 35.5. The van der Waals surface area contributed by atoms with Crippen LogP contribution in [0.5, 0.6) is 0 Å². The maximum atomic E-state index is 13.0. The first-order chi connectivity index (χ1) is 13.4. The van der Waals surface area contributed by atoms with Gasteiger partial charge < -0.3 is 10.2 Å². The summed E-state index contributed by atoms with van der Waals surface area (Å²) >= 11 is 7.56. The fourth-order valence-electron chi connectivity index (χ4n) is 2.61. The van der Waals surface area contributed by atoms with E-state index in [1.165, 1.54) is 11.8 Å². The highest BCUT2D eigenvalue weighted by Gasteiger charge is 2.26. The van der Waals surface area contributed by atoms with Crippen molar-refractivity contribution < 1.29 is 9.59 Å². The van der Waals surface area contributed by atoms with Crippen molar-refractivity contribution in [2.45, 2.75) is 38.3 Å². The Morgan fingerprint density at radius 2 is 1.79 bits per heavy atom. The highest BCUT2D eigenvalue weighted by Crippen LogP contribution is 2.20. The number of thioether (sulfide) groups is 1. The fourth-order valence-corrected chi connectivity index (χ4v) is 3.63. The third kappa shape index (κ3) is 7.21. The van der Waals surface area contributed by atoms with Gasteiger partial charge in [-0.1, -0.05) is 55.8 Å². The lowest BCUT2D eigenvalue weighted by Gasteiger charge is -2.29. The van der Waals surface area contributed by atoms with Gasteiger partial charge in [-0.25, -0.2) is 0 Å². The summed E-state index contributed by atoms with van der Waals surface area (Å²) < 4.78 is 0. The molecule has 0 aliphatic rings. The first-order valence-electron chi connectivity index (χ1n) is 9.36. The normalized spacial score (nSPS) is 11.9. The molecule has 150 valence electrons. The Hall–Kier alpha value is -1.98. The van der Waals surface area contributed by atoms with E-state index in [0.29, 0.717) is 24.0 Å². The van der Waals surface area contributed by atoms with Gasteiger partial charge in [0.2, 0.25) is 11.8 Å². The number of halogens is 1. The van der Waals surface area contributed by atoms with Crippen molar-refractivity contribution >= 4 is 35.2 Å². The molecule has 0 spiro atoms. The maximum Gasteiger partial charge on any atom is 0.242 e. The number of rotatable bonds is 9. The van der Waals surface area contributed by atoms with Gasteiger partial charge in [-0.2, -0.15) is 0 Å². The quantitative estimate of drug-likeness (QED) is 0.604. The Morgan fingerprint density at radius 3 is 2.43 bits per heavy atom. The van der Waals surface area contributed by atoms with Gasteiger partial charge in [0.15, 0.2) is 0 Å². The summed E-state index contributed by atoms with van der Waals surface area (Å²) in [6.07, 6.45) is 0. The first kappa shape index (κ1) is 22.3. The van der Waals surface area contributed by atoms with Crippen LogP contribution in [0.15, 0.2) is 59.5 Å². The van der Waals surface area contributed by atoms with E-state index in [1.54, 1.807) is 17.9 Å². The third-order valence-corrected chi connectivity index (χ3v) is 5.43. The molecule has 0 fully saturated rings. The van der Waals surface area contributed by atoms with Crippen LogP contribution in [0.2, 0.25) is 5.02 Å². The van der Waals surface area contributed by atoms with Gasteiger partial charge in [0.1, 0.15) is 6.04 Å². The van der Waals surface area contributed by atoms with Crippen LogP contribution >= 0.6 is 23.4 Å². The number of hydrogen-bond donors (Lipinski definition) is 1. The zero-order chi connectivity index (χ0) is 20.5. The molecule has 1 N–H and O–H groups in total. The molecule has 2 rings (SSSR count). The van der Waals surface area contributed by atoms with Crippen LogP contribution in [0.1, 0.15) is 26.3 Å². The Morgan fingerprint density at radius 1 is 1.07 bits per heavy atom. The molecular formula is C22H27ClN2O2S. The zero-order valence-electron chi connectivity index (χ0n) is 16.5. The molecule has 4 nitrogen and oxygen atoms in total. The number of hydrogen-bond acceptors (Lipinski definition) is 3. The first-order valence-corrected chi connectivity index (χ1v) is 10.7. The lowest BCUT2D eigenvalue weighted by Crippen LogP contribution is -2.48. The minimum absolute atomic E-state index is 0.0824. The SMILES string of the molecule is CC(C)CNC(=O)C(C)N(Cc1cccc(Cl)c1)C(=O)CSc1ccccc1. The summed E-state index contributed by atoms with van der Waals surface area (Å²) in [6.45, 7) is 6.77. The van der Waals surface area contributed by atoms with Crippen LogP contribution in [-0.4, -0.2) is 35.1 Å². The largest absolute Gasteiger partial charge is 0.354 e. The molecule has 0 saturated heterocycles. The molecule has 0 aliphatic heterocycles. The molecule has 0 aromatic heterocycles. The molecule has 2 amide bonds. The standard InChI is InChI=1S/C22H27ClN2O2S/c1-16(2)13-24-22(27)17(3)25(14-18-8-7-9-19(23)12-18)21(26)15-28-20-10-5-4-6-11-20/h4-12,16-17H,13-15H2,1-3H3,(H,24,27). The van der Waals surface area contributed by atoms with E-state index in [4.69, 9.17) is 11.6 Å². The van der Waals surface area contributed by atoms with Crippen molar-refractivity contribution in [3.05, 3.63) is 65.2 Å². The molecule has 0 radical (unpaired) electrons. The monoisotopic (exact) mass is 418 g/mol. The van der Waals surface area contributed by atoms with Gasteiger partial charge in [-0.05, 0) is 42.7 Å². The van der Waals surface area contributed by atoms with Gasteiger partial charge >= 0.3 is 0 Å². The second-order valence-electron chi connectivity index (χ2n) is 7.07.